The topological polar surface area (TPSA) is 148 Å². The molecule has 0 saturated heterocycles. The van der Waals surface area contributed by atoms with Gasteiger partial charge in [0, 0.05) is 85.3 Å². The molecule has 5 heterocycles. The van der Waals surface area contributed by atoms with Gasteiger partial charge in [-0.05, 0) is 96.1 Å². The Labute approximate surface area is 331 Å². The van der Waals surface area contributed by atoms with Crippen molar-refractivity contribution >= 4 is 34.4 Å². The number of phenols is 1. The summed E-state index contributed by atoms with van der Waals surface area (Å²) in [6, 6.07) is 18.3. The number of hydrogen-bond acceptors (Lipinski definition) is 9. The summed E-state index contributed by atoms with van der Waals surface area (Å²) in [6.45, 7) is 9.13. The van der Waals surface area contributed by atoms with Gasteiger partial charge in [-0.15, -0.1) is 0 Å². The zero-order chi connectivity index (χ0) is 40.0. The zero-order valence-corrected chi connectivity index (χ0v) is 33.0. The second kappa shape index (κ2) is 15.2. The number of esters is 1. The van der Waals surface area contributed by atoms with Crippen molar-refractivity contribution in [1.29, 1.82) is 0 Å². The van der Waals surface area contributed by atoms with Gasteiger partial charge in [0.25, 0.3) is 5.91 Å². The molecule has 12 heteroatoms. The Bertz CT molecular complexity index is 2400. The number of aromatic nitrogens is 3. The monoisotopic (exact) mass is 768 g/mol. The quantitative estimate of drug-likeness (QED) is 0.181. The summed E-state index contributed by atoms with van der Waals surface area (Å²) in [5, 5.41) is 21.0. The number of ether oxygens (including phenoxy) is 2. The van der Waals surface area contributed by atoms with Crippen LogP contribution in [-0.2, 0) is 43.2 Å². The minimum atomic E-state index is -1.03. The van der Waals surface area contributed by atoms with E-state index in [1.165, 1.54) is 5.01 Å². The SMILES string of the molecule is CCn1c2c3c4cc(ccc41)-c1cc(O)cc(c1)C[C@H](NC(=O)C(C)Cc1ccncc1)C(=O)N1CCCC(=N1)C(=O)OCC(C)(C)C3[C@H](OC)c1ncccc1-2. The molecule has 294 valence electrons. The number of hydrogen-bond donors (Lipinski definition) is 2. The molecule has 5 aromatic rings. The van der Waals surface area contributed by atoms with Gasteiger partial charge < -0.3 is 24.5 Å². The van der Waals surface area contributed by atoms with Crippen LogP contribution in [0.3, 0.4) is 0 Å². The Morgan fingerprint density at radius 3 is 2.65 bits per heavy atom. The Kier molecular flexibility index (Phi) is 10.2. The van der Waals surface area contributed by atoms with Crippen molar-refractivity contribution in [3.05, 3.63) is 102 Å². The molecule has 2 aromatic carbocycles. The number of phenolic OH excluding ortho intramolecular Hbond substituents is 1. The third kappa shape index (κ3) is 7.07. The van der Waals surface area contributed by atoms with E-state index in [0.717, 1.165) is 50.1 Å². The molecule has 0 saturated carbocycles. The lowest BCUT2D eigenvalue weighted by atomic mass is 9.67. The summed E-state index contributed by atoms with van der Waals surface area (Å²) in [5.41, 5.74) is 7.71. The van der Waals surface area contributed by atoms with Crippen LogP contribution < -0.4 is 5.32 Å². The highest BCUT2D eigenvalue weighted by molar-refractivity contribution is 6.36. The highest BCUT2D eigenvalue weighted by Crippen LogP contribution is 2.57. The summed E-state index contributed by atoms with van der Waals surface area (Å²) in [4.78, 5) is 50.9. The standard InChI is InChI=1S/C45H48N6O6/c1-6-50-36-12-11-29-24-33(36)37-38(41(56-5)39-32(40(37)50)9-7-15-47-39)45(3,4)25-57-44(55)34-10-8-18-51(49-34)43(54)35(22-28-20-30(29)23-31(52)21-28)48-42(53)26(2)19-27-13-16-46-17-14-27/h7,9,11-17,20-21,23-24,26,35,38,41,52H,6,8,10,18-19,22,25H2,1-5H3,(H,48,53)/t26?,35-,38?,41-/m0/s1. The molecule has 0 radical (unpaired) electrons. The Balaban J connectivity index is 1.28. The van der Waals surface area contributed by atoms with Crippen molar-refractivity contribution < 1.29 is 29.0 Å². The summed E-state index contributed by atoms with van der Waals surface area (Å²) in [6.07, 6.45) is 6.09. The van der Waals surface area contributed by atoms with Gasteiger partial charge in [0.15, 0.2) is 0 Å². The number of carbonyl (C=O) groups is 3. The first-order valence-electron chi connectivity index (χ1n) is 19.7. The number of amides is 2. The second-order valence-corrected chi connectivity index (χ2v) is 16.1. The summed E-state index contributed by atoms with van der Waals surface area (Å²) < 4.78 is 14.7. The highest BCUT2D eigenvalue weighted by atomic mass is 16.5. The Hall–Kier alpha value is -5.88. The van der Waals surface area contributed by atoms with Gasteiger partial charge in [0.1, 0.15) is 23.6 Å². The lowest BCUT2D eigenvalue weighted by molar-refractivity contribution is -0.141. The first kappa shape index (κ1) is 38.0. The fourth-order valence-corrected chi connectivity index (χ4v) is 8.92. The van der Waals surface area contributed by atoms with E-state index in [0.29, 0.717) is 31.4 Å². The van der Waals surface area contributed by atoms with Gasteiger partial charge in [-0.2, -0.15) is 5.10 Å². The molecular weight excluding hydrogens is 721 g/mol. The molecule has 0 fully saturated rings. The number of cyclic esters (lactones) is 1. The maximum absolute atomic E-state index is 14.4. The van der Waals surface area contributed by atoms with Crippen LogP contribution in [0, 0.1) is 11.3 Å². The van der Waals surface area contributed by atoms with Crippen LogP contribution in [0.2, 0.25) is 0 Å². The fraction of sp³-hybridized carbons (Fsp3) is 0.378. The summed E-state index contributed by atoms with van der Waals surface area (Å²) >= 11 is 0. The molecule has 57 heavy (non-hydrogen) atoms. The van der Waals surface area contributed by atoms with Crippen molar-refractivity contribution in [3.8, 4) is 28.1 Å². The van der Waals surface area contributed by atoms with Crippen LogP contribution in [0.4, 0.5) is 0 Å². The van der Waals surface area contributed by atoms with E-state index in [2.05, 4.69) is 58.9 Å². The Morgan fingerprint density at radius 2 is 1.88 bits per heavy atom. The molecule has 3 aromatic heterocycles. The van der Waals surface area contributed by atoms with Crippen LogP contribution in [0.25, 0.3) is 33.3 Å². The van der Waals surface area contributed by atoms with E-state index in [1.54, 1.807) is 37.8 Å². The van der Waals surface area contributed by atoms with Crippen LogP contribution in [0.5, 0.6) is 5.75 Å². The largest absolute Gasteiger partial charge is 0.508 e. The number of pyridine rings is 2. The summed E-state index contributed by atoms with van der Waals surface area (Å²) in [5.74, 6) is -2.04. The van der Waals surface area contributed by atoms with Gasteiger partial charge in [0.05, 0.1) is 18.0 Å². The highest BCUT2D eigenvalue weighted by Gasteiger charge is 2.47. The van der Waals surface area contributed by atoms with E-state index in [-0.39, 0.29) is 42.9 Å². The van der Waals surface area contributed by atoms with Gasteiger partial charge in [-0.25, -0.2) is 9.80 Å². The van der Waals surface area contributed by atoms with Gasteiger partial charge in [-0.3, -0.25) is 19.6 Å². The average molecular weight is 769 g/mol. The third-order valence-electron chi connectivity index (χ3n) is 11.7. The normalized spacial score (nSPS) is 20.9. The van der Waals surface area contributed by atoms with Crippen LogP contribution in [0.15, 0.2) is 84.4 Å². The van der Waals surface area contributed by atoms with E-state index >= 15 is 0 Å². The van der Waals surface area contributed by atoms with Gasteiger partial charge in [-0.1, -0.05) is 32.9 Å². The lowest BCUT2D eigenvalue weighted by Crippen LogP contribution is -2.51. The molecule has 2 amide bonds. The van der Waals surface area contributed by atoms with E-state index in [9.17, 15) is 19.5 Å². The maximum atomic E-state index is 14.4. The zero-order valence-electron chi connectivity index (χ0n) is 33.0. The second-order valence-electron chi connectivity index (χ2n) is 16.1. The number of nitrogens with one attached hydrogen (secondary N) is 1. The molecule has 2 N–H and O–H groups in total. The number of fused-ring (bicyclic) bond motifs is 7. The van der Waals surface area contributed by atoms with Crippen molar-refractivity contribution in [3.63, 3.8) is 0 Å². The minimum absolute atomic E-state index is 0.0354. The first-order chi connectivity index (χ1) is 27.5. The maximum Gasteiger partial charge on any atom is 0.354 e. The number of methoxy groups -OCH3 is 1. The molecular formula is C45H48N6O6. The van der Waals surface area contributed by atoms with Crippen molar-refractivity contribution in [1.82, 2.24) is 24.9 Å². The number of aromatic hydroxyl groups is 1. The van der Waals surface area contributed by atoms with Crippen LogP contribution >= 0.6 is 0 Å². The fourth-order valence-electron chi connectivity index (χ4n) is 8.92. The molecule has 3 aliphatic rings. The number of benzene rings is 2. The van der Waals surface area contributed by atoms with Crippen LogP contribution in [-0.4, -0.2) is 74.4 Å². The van der Waals surface area contributed by atoms with Gasteiger partial charge >= 0.3 is 5.97 Å². The number of nitrogens with zero attached hydrogens (tertiary/aromatic N) is 5. The minimum Gasteiger partial charge on any atom is -0.508 e. The van der Waals surface area contributed by atoms with E-state index < -0.39 is 35.4 Å². The number of aryl methyl sites for hydroxylation is 1. The van der Waals surface area contributed by atoms with E-state index in [1.807, 2.05) is 37.3 Å². The molecule has 6 bridgehead atoms. The lowest BCUT2D eigenvalue weighted by Gasteiger charge is -2.42. The first-order valence-corrected chi connectivity index (χ1v) is 19.7. The number of carbonyl (C=O) groups excluding carboxylic acids is 3. The van der Waals surface area contributed by atoms with Crippen molar-refractivity contribution in [2.24, 2.45) is 16.4 Å². The summed E-state index contributed by atoms with van der Waals surface area (Å²) in [7, 11) is 1.69. The van der Waals surface area contributed by atoms with Crippen molar-refractivity contribution in [2.45, 2.75) is 78.0 Å². The third-order valence-corrected chi connectivity index (χ3v) is 11.7. The molecule has 1 aliphatic carbocycles. The predicted octanol–water partition coefficient (Wildman–Crippen LogP) is 6.74. The Morgan fingerprint density at radius 1 is 1.07 bits per heavy atom. The molecule has 4 atom stereocenters. The molecule has 8 rings (SSSR count). The predicted molar refractivity (Wildman–Crippen MR) is 216 cm³/mol. The smallest absolute Gasteiger partial charge is 0.354 e. The molecule has 2 unspecified atom stereocenters. The van der Waals surface area contributed by atoms with Gasteiger partial charge in [0.2, 0.25) is 5.91 Å². The average Bonchev–Trinajstić information content (AvgIpc) is 3.55. The van der Waals surface area contributed by atoms with Crippen LogP contribution in [0.1, 0.15) is 74.9 Å². The van der Waals surface area contributed by atoms with Crippen molar-refractivity contribution in [2.75, 3.05) is 20.3 Å². The van der Waals surface area contributed by atoms with E-state index in [4.69, 9.17) is 14.5 Å². The molecule has 2 aliphatic heterocycles. The molecule has 12 nitrogen and oxygen atoms in total. The number of hydrazone groups is 1. The number of rotatable bonds is 6. The molecule has 0 spiro atoms.